The molecule has 1 amide bonds. The highest BCUT2D eigenvalue weighted by Crippen LogP contribution is 2.31. The standard InChI is InChI=1S/C16H23NO4/c1-4-11-7-16(19)17(9-11)10-14(18)13-8-12(20-2)5-6-15(13)21-3/h5-6,8,11,14,18H,4,7,9-10H2,1-3H3. The van der Waals surface area contributed by atoms with Gasteiger partial charge in [-0.15, -0.1) is 0 Å². The highest BCUT2D eigenvalue weighted by molar-refractivity contribution is 5.78. The number of nitrogens with zero attached hydrogens (tertiary/aromatic N) is 1. The van der Waals surface area contributed by atoms with Crippen LogP contribution in [0.25, 0.3) is 0 Å². The number of benzene rings is 1. The first-order valence-corrected chi connectivity index (χ1v) is 7.26. The van der Waals surface area contributed by atoms with Crippen molar-refractivity contribution in [3.05, 3.63) is 23.8 Å². The van der Waals surface area contributed by atoms with Crippen LogP contribution in [0.1, 0.15) is 31.4 Å². The average molecular weight is 293 g/mol. The first-order chi connectivity index (χ1) is 10.1. The fourth-order valence-corrected chi connectivity index (χ4v) is 2.71. The molecule has 1 saturated heterocycles. The van der Waals surface area contributed by atoms with Gasteiger partial charge in [0.15, 0.2) is 0 Å². The van der Waals surface area contributed by atoms with Crippen molar-refractivity contribution in [3.8, 4) is 11.5 Å². The van der Waals surface area contributed by atoms with Crippen molar-refractivity contribution >= 4 is 5.91 Å². The molecule has 0 radical (unpaired) electrons. The lowest BCUT2D eigenvalue weighted by Gasteiger charge is -2.22. The van der Waals surface area contributed by atoms with Crippen LogP contribution in [0.3, 0.4) is 0 Å². The second-order valence-corrected chi connectivity index (χ2v) is 5.40. The quantitative estimate of drug-likeness (QED) is 0.871. The normalized spacial score (nSPS) is 19.7. The van der Waals surface area contributed by atoms with Crippen molar-refractivity contribution in [2.45, 2.75) is 25.9 Å². The number of hydrogen-bond acceptors (Lipinski definition) is 4. The summed E-state index contributed by atoms with van der Waals surface area (Å²) in [5.74, 6) is 1.77. The third kappa shape index (κ3) is 3.47. The first kappa shape index (κ1) is 15.6. The molecule has 0 bridgehead atoms. The number of methoxy groups -OCH3 is 2. The molecule has 1 aromatic rings. The molecule has 2 unspecified atom stereocenters. The van der Waals surface area contributed by atoms with Crippen LogP contribution in [0.15, 0.2) is 18.2 Å². The van der Waals surface area contributed by atoms with E-state index < -0.39 is 6.10 Å². The van der Waals surface area contributed by atoms with Crippen molar-refractivity contribution in [2.24, 2.45) is 5.92 Å². The molecule has 5 heteroatoms. The molecule has 0 aliphatic carbocycles. The maximum absolute atomic E-state index is 11.9. The first-order valence-electron chi connectivity index (χ1n) is 7.26. The van der Waals surface area contributed by atoms with Crippen LogP contribution in [0.4, 0.5) is 0 Å². The molecule has 2 rings (SSSR count). The number of carbonyl (C=O) groups is 1. The molecule has 116 valence electrons. The zero-order chi connectivity index (χ0) is 15.4. The Morgan fingerprint density at radius 2 is 2.14 bits per heavy atom. The van der Waals surface area contributed by atoms with Gasteiger partial charge in [-0.25, -0.2) is 0 Å². The van der Waals surface area contributed by atoms with Crippen molar-refractivity contribution in [1.29, 1.82) is 0 Å². The van der Waals surface area contributed by atoms with Gasteiger partial charge in [0.25, 0.3) is 0 Å². The molecule has 0 aromatic heterocycles. The number of ether oxygens (including phenoxy) is 2. The molecule has 2 atom stereocenters. The SMILES string of the molecule is CCC1CC(=O)N(CC(O)c2cc(OC)ccc2OC)C1. The van der Waals surface area contributed by atoms with E-state index in [2.05, 4.69) is 6.92 Å². The van der Waals surface area contributed by atoms with Gasteiger partial charge in [0.1, 0.15) is 17.6 Å². The Labute approximate surface area is 125 Å². The summed E-state index contributed by atoms with van der Waals surface area (Å²) in [5.41, 5.74) is 0.643. The molecule has 1 fully saturated rings. The Morgan fingerprint density at radius 3 is 2.71 bits per heavy atom. The largest absolute Gasteiger partial charge is 0.497 e. The molecule has 1 aliphatic rings. The van der Waals surface area contributed by atoms with Gasteiger partial charge < -0.3 is 19.5 Å². The van der Waals surface area contributed by atoms with Gasteiger partial charge in [-0.1, -0.05) is 13.3 Å². The second-order valence-electron chi connectivity index (χ2n) is 5.40. The van der Waals surface area contributed by atoms with Crippen LogP contribution in [0.5, 0.6) is 11.5 Å². The van der Waals surface area contributed by atoms with Crippen LogP contribution in [-0.2, 0) is 4.79 Å². The minimum absolute atomic E-state index is 0.114. The Morgan fingerprint density at radius 1 is 1.38 bits per heavy atom. The number of β-amino-alcohol motifs (C(OH)–C–C–N with tert-alkyl or cyclic N) is 1. The maximum atomic E-state index is 11.9. The molecule has 0 spiro atoms. The van der Waals surface area contributed by atoms with E-state index in [0.29, 0.717) is 35.9 Å². The Hall–Kier alpha value is -1.75. The molecule has 1 aromatic carbocycles. The van der Waals surface area contributed by atoms with Crippen LogP contribution in [0, 0.1) is 5.92 Å². The van der Waals surface area contributed by atoms with Crippen LogP contribution < -0.4 is 9.47 Å². The minimum Gasteiger partial charge on any atom is -0.497 e. The molecular formula is C16H23NO4. The summed E-state index contributed by atoms with van der Waals surface area (Å²) in [6.45, 7) is 3.10. The molecule has 1 aliphatic heterocycles. The van der Waals surface area contributed by atoms with Crippen molar-refractivity contribution in [2.75, 3.05) is 27.3 Å². The molecule has 1 heterocycles. The highest BCUT2D eigenvalue weighted by atomic mass is 16.5. The summed E-state index contributed by atoms with van der Waals surface area (Å²) >= 11 is 0. The highest BCUT2D eigenvalue weighted by Gasteiger charge is 2.30. The Kier molecular flexibility index (Phi) is 5.07. The summed E-state index contributed by atoms with van der Waals surface area (Å²) < 4.78 is 10.5. The molecule has 1 N–H and O–H groups in total. The molecule has 5 nitrogen and oxygen atoms in total. The summed E-state index contributed by atoms with van der Waals surface area (Å²) in [6.07, 6.45) is 0.786. The van der Waals surface area contributed by atoms with Crippen molar-refractivity contribution < 1.29 is 19.4 Å². The summed E-state index contributed by atoms with van der Waals surface area (Å²) in [5, 5.41) is 10.5. The summed E-state index contributed by atoms with van der Waals surface area (Å²) in [7, 11) is 3.14. The average Bonchev–Trinajstić information content (AvgIpc) is 2.86. The third-order valence-electron chi connectivity index (χ3n) is 4.06. The van der Waals surface area contributed by atoms with Crippen molar-refractivity contribution in [3.63, 3.8) is 0 Å². The smallest absolute Gasteiger partial charge is 0.223 e. The van der Waals surface area contributed by atoms with Gasteiger partial charge in [0.05, 0.1) is 20.8 Å². The summed E-state index contributed by atoms with van der Waals surface area (Å²) in [4.78, 5) is 13.7. The van der Waals surface area contributed by atoms with E-state index in [-0.39, 0.29) is 5.91 Å². The number of carbonyl (C=O) groups excluding carboxylic acids is 1. The number of hydrogen-bond donors (Lipinski definition) is 1. The minimum atomic E-state index is -0.783. The predicted molar refractivity (Wildman–Crippen MR) is 79.5 cm³/mol. The number of rotatable bonds is 6. The summed E-state index contributed by atoms with van der Waals surface area (Å²) in [6, 6.07) is 5.29. The van der Waals surface area contributed by atoms with Gasteiger partial charge in [-0.3, -0.25) is 4.79 Å². The van der Waals surface area contributed by atoms with Gasteiger partial charge in [0, 0.05) is 18.5 Å². The monoisotopic (exact) mass is 293 g/mol. The van der Waals surface area contributed by atoms with E-state index in [1.165, 1.54) is 0 Å². The number of aliphatic hydroxyl groups excluding tert-OH is 1. The number of likely N-dealkylation sites (tertiary alicyclic amines) is 1. The lowest BCUT2D eigenvalue weighted by molar-refractivity contribution is -0.129. The Balaban J connectivity index is 2.12. The predicted octanol–water partition coefficient (Wildman–Crippen LogP) is 2.00. The van der Waals surface area contributed by atoms with E-state index in [9.17, 15) is 9.90 Å². The zero-order valence-corrected chi connectivity index (χ0v) is 12.8. The molecular weight excluding hydrogens is 270 g/mol. The van der Waals surface area contributed by atoms with Gasteiger partial charge in [-0.2, -0.15) is 0 Å². The fourth-order valence-electron chi connectivity index (χ4n) is 2.71. The molecule has 0 saturated carbocycles. The van der Waals surface area contributed by atoms with Crippen LogP contribution >= 0.6 is 0 Å². The van der Waals surface area contributed by atoms with Crippen LogP contribution in [0.2, 0.25) is 0 Å². The fraction of sp³-hybridized carbons (Fsp3) is 0.562. The Bertz CT molecular complexity index is 503. The van der Waals surface area contributed by atoms with E-state index in [0.717, 1.165) is 13.0 Å². The van der Waals surface area contributed by atoms with Gasteiger partial charge in [0.2, 0.25) is 5.91 Å². The maximum Gasteiger partial charge on any atom is 0.223 e. The topological polar surface area (TPSA) is 59.0 Å². The third-order valence-corrected chi connectivity index (χ3v) is 4.06. The van der Waals surface area contributed by atoms with Crippen LogP contribution in [-0.4, -0.2) is 43.2 Å². The van der Waals surface area contributed by atoms with Crippen molar-refractivity contribution in [1.82, 2.24) is 4.90 Å². The lowest BCUT2D eigenvalue weighted by atomic mass is 10.1. The van der Waals surface area contributed by atoms with E-state index in [4.69, 9.17) is 9.47 Å². The molecule has 21 heavy (non-hydrogen) atoms. The van der Waals surface area contributed by atoms with Gasteiger partial charge in [-0.05, 0) is 24.1 Å². The number of aliphatic hydroxyl groups is 1. The zero-order valence-electron chi connectivity index (χ0n) is 12.8. The van der Waals surface area contributed by atoms with E-state index in [1.54, 1.807) is 37.3 Å². The number of amides is 1. The van der Waals surface area contributed by atoms with E-state index >= 15 is 0 Å². The van der Waals surface area contributed by atoms with Gasteiger partial charge >= 0.3 is 0 Å². The lowest BCUT2D eigenvalue weighted by Crippen LogP contribution is -2.30. The van der Waals surface area contributed by atoms with E-state index in [1.807, 2.05) is 0 Å². The second kappa shape index (κ2) is 6.80.